The van der Waals surface area contributed by atoms with Crippen LogP contribution in [0.2, 0.25) is 5.02 Å². The number of hydrogen-bond donors (Lipinski definition) is 1. The maximum Gasteiger partial charge on any atom is 0.137 e. The average molecular weight is 298 g/mol. The first-order valence-electron chi connectivity index (χ1n) is 7.10. The lowest BCUT2D eigenvalue weighted by Gasteiger charge is -2.15. The van der Waals surface area contributed by atoms with Crippen LogP contribution in [0.4, 0.5) is 0 Å². The van der Waals surface area contributed by atoms with Gasteiger partial charge in [0.2, 0.25) is 0 Å². The molecule has 1 aliphatic rings. The Morgan fingerprint density at radius 3 is 2.80 bits per heavy atom. The summed E-state index contributed by atoms with van der Waals surface area (Å²) < 4.78 is 5.79. The highest BCUT2D eigenvalue weighted by molar-refractivity contribution is 6.30. The molecule has 1 saturated heterocycles. The number of carboxylic acids is 1. The van der Waals surface area contributed by atoms with E-state index in [1.54, 1.807) is 17.0 Å². The van der Waals surface area contributed by atoms with E-state index in [1.807, 2.05) is 6.07 Å². The molecular formula is C15H20ClNO3. The van der Waals surface area contributed by atoms with Crippen LogP contribution >= 0.6 is 11.6 Å². The molecule has 1 fully saturated rings. The highest BCUT2D eigenvalue weighted by atomic mass is 35.5. The Morgan fingerprint density at radius 1 is 1.35 bits per heavy atom. The smallest absolute Gasteiger partial charge is 0.137 e. The van der Waals surface area contributed by atoms with Gasteiger partial charge in [-0.3, -0.25) is 0 Å². The van der Waals surface area contributed by atoms with Crippen molar-refractivity contribution in [2.75, 3.05) is 26.2 Å². The SMILES string of the molecule is O=C([O-])CCc1cc(Cl)ccc1OCC[NH+]1CCCC1. The summed E-state index contributed by atoms with van der Waals surface area (Å²) in [5.41, 5.74) is 0.832. The van der Waals surface area contributed by atoms with Gasteiger partial charge in [-0.1, -0.05) is 11.6 Å². The van der Waals surface area contributed by atoms with E-state index in [0.29, 0.717) is 18.1 Å². The molecule has 1 N–H and O–H groups in total. The molecule has 0 amide bonds. The standard InChI is InChI=1S/C15H20ClNO3/c16-13-4-5-14(12(11-13)3-6-15(18)19)20-10-9-17-7-1-2-8-17/h4-5,11H,1-3,6-10H2,(H,18,19). The zero-order valence-corrected chi connectivity index (χ0v) is 12.2. The molecule has 0 bridgehead atoms. The molecule has 1 aliphatic heterocycles. The Hall–Kier alpha value is -1.26. The van der Waals surface area contributed by atoms with Crippen LogP contribution in [0.25, 0.3) is 0 Å². The first-order valence-corrected chi connectivity index (χ1v) is 7.47. The molecule has 1 aromatic carbocycles. The van der Waals surface area contributed by atoms with Gasteiger partial charge in [-0.05, 0) is 36.6 Å². The van der Waals surface area contributed by atoms with Crippen molar-refractivity contribution in [3.8, 4) is 5.75 Å². The van der Waals surface area contributed by atoms with Crippen LogP contribution in [0.3, 0.4) is 0 Å². The first kappa shape index (κ1) is 15.1. The van der Waals surface area contributed by atoms with E-state index >= 15 is 0 Å². The Kier molecular flexibility index (Phi) is 5.68. The molecule has 0 spiro atoms. The van der Waals surface area contributed by atoms with Crippen molar-refractivity contribution in [2.24, 2.45) is 0 Å². The summed E-state index contributed by atoms with van der Waals surface area (Å²) in [6.07, 6.45) is 2.96. The lowest BCUT2D eigenvalue weighted by molar-refractivity contribution is -0.887. The second-order valence-electron chi connectivity index (χ2n) is 5.18. The normalized spacial score (nSPS) is 15.4. The van der Waals surface area contributed by atoms with Gasteiger partial charge in [-0.15, -0.1) is 0 Å². The minimum Gasteiger partial charge on any atom is -0.550 e. The predicted octanol–water partition coefficient (Wildman–Crippen LogP) is 0.0800. The number of aryl methyl sites for hydroxylation is 1. The Balaban J connectivity index is 1.89. The van der Waals surface area contributed by atoms with Crippen molar-refractivity contribution in [1.29, 1.82) is 0 Å². The molecule has 4 nitrogen and oxygen atoms in total. The van der Waals surface area contributed by atoms with Gasteiger partial charge in [0.1, 0.15) is 18.9 Å². The number of rotatable bonds is 7. The molecule has 0 saturated carbocycles. The minimum atomic E-state index is -1.06. The third-order valence-electron chi connectivity index (χ3n) is 3.64. The highest BCUT2D eigenvalue weighted by Crippen LogP contribution is 2.24. The van der Waals surface area contributed by atoms with Crippen molar-refractivity contribution in [3.05, 3.63) is 28.8 Å². The largest absolute Gasteiger partial charge is 0.550 e. The second kappa shape index (κ2) is 7.50. The number of aliphatic carboxylic acids is 1. The van der Waals surface area contributed by atoms with Gasteiger partial charge in [0.05, 0.1) is 13.1 Å². The van der Waals surface area contributed by atoms with E-state index in [2.05, 4.69) is 0 Å². The number of ether oxygens (including phenoxy) is 1. The molecule has 5 heteroatoms. The van der Waals surface area contributed by atoms with Gasteiger partial charge in [0.25, 0.3) is 0 Å². The zero-order chi connectivity index (χ0) is 14.4. The van der Waals surface area contributed by atoms with E-state index in [0.717, 1.165) is 17.9 Å². The number of hydrogen-bond acceptors (Lipinski definition) is 3. The number of likely N-dealkylation sites (tertiary alicyclic amines) is 1. The lowest BCUT2D eigenvalue weighted by Crippen LogP contribution is -3.10. The molecule has 2 rings (SSSR count). The topological polar surface area (TPSA) is 53.8 Å². The van der Waals surface area contributed by atoms with Crippen LogP contribution in [-0.2, 0) is 11.2 Å². The van der Waals surface area contributed by atoms with Crippen LogP contribution in [0, 0.1) is 0 Å². The van der Waals surface area contributed by atoms with Gasteiger partial charge in [-0.2, -0.15) is 0 Å². The van der Waals surface area contributed by atoms with E-state index in [9.17, 15) is 9.90 Å². The zero-order valence-electron chi connectivity index (χ0n) is 11.5. The third kappa shape index (κ3) is 4.69. The molecule has 0 aliphatic carbocycles. The number of halogens is 1. The third-order valence-corrected chi connectivity index (χ3v) is 3.88. The quantitative estimate of drug-likeness (QED) is 0.775. The van der Waals surface area contributed by atoms with Crippen molar-refractivity contribution in [3.63, 3.8) is 0 Å². The molecule has 1 heterocycles. The number of carboxylic acid groups (broad SMARTS) is 1. The number of benzene rings is 1. The van der Waals surface area contributed by atoms with Crippen molar-refractivity contribution >= 4 is 17.6 Å². The Bertz CT molecular complexity index is 458. The van der Waals surface area contributed by atoms with Gasteiger partial charge < -0.3 is 19.5 Å². The summed E-state index contributed by atoms with van der Waals surface area (Å²) in [6, 6.07) is 5.34. The predicted molar refractivity (Wildman–Crippen MR) is 75.1 cm³/mol. The summed E-state index contributed by atoms with van der Waals surface area (Å²) in [5, 5.41) is 11.2. The Labute approximate surface area is 124 Å². The van der Waals surface area contributed by atoms with Crippen LogP contribution in [0.5, 0.6) is 5.75 Å². The van der Waals surface area contributed by atoms with Gasteiger partial charge in [0.15, 0.2) is 0 Å². The van der Waals surface area contributed by atoms with E-state index in [1.165, 1.54) is 25.9 Å². The fourth-order valence-electron chi connectivity index (χ4n) is 2.55. The number of quaternary nitrogens is 1. The summed E-state index contributed by atoms with van der Waals surface area (Å²) in [4.78, 5) is 12.1. The number of carbonyl (C=O) groups excluding carboxylic acids is 1. The summed E-state index contributed by atoms with van der Waals surface area (Å²) in [7, 11) is 0. The number of nitrogens with one attached hydrogen (secondary N) is 1. The van der Waals surface area contributed by atoms with Gasteiger partial charge >= 0.3 is 0 Å². The van der Waals surface area contributed by atoms with E-state index in [-0.39, 0.29) is 6.42 Å². The second-order valence-corrected chi connectivity index (χ2v) is 5.62. The van der Waals surface area contributed by atoms with Crippen LogP contribution in [0.15, 0.2) is 18.2 Å². The maximum atomic E-state index is 10.6. The average Bonchev–Trinajstić information content (AvgIpc) is 2.91. The summed E-state index contributed by atoms with van der Waals surface area (Å²) in [5.74, 6) is -0.327. The van der Waals surface area contributed by atoms with Crippen LogP contribution in [0.1, 0.15) is 24.8 Å². The van der Waals surface area contributed by atoms with Gasteiger partial charge in [0, 0.05) is 23.8 Å². The number of carbonyl (C=O) groups is 1. The summed E-state index contributed by atoms with van der Waals surface area (Å²) >= 11 is 5.95. The van der Waals surface area contributed by atoms with Crippen molar-refractivity contribution in [1.82, 2.24) is 0 Å². The van der Waals surface area contributed by atoms with Crippen molar-refractivity contribution < 1.29 is 19.5 Å². The maximum absolute atomic E-state index is 10.6. The van der Waals surface area contributed by atoms with E-state index < -0.39 is 5.97 Å². The molecule has 110 valence electrons. The fourth-order valence-corrected chi connectivity index (χ4v) is 2.75. The minimum absolute atomic E-state index is 0.0198. The molecular weight excluding hydrogens is 278 g/mol. The molecule has 0 radical (unpaired) electrons. The highest BCUT2D eigenvalue weighted by Gasteiger charge is 2.15. The molecule has 0 atom stereocenters. The van der Waals surface area contributed by atoms with Crippen molar-refractivity contribution in [2.45, 2.75) is 25.7 Å². The molecule has 20 heavy (non-hydrogen) atoms. The first-order chi connectivity index (χ1) is 9.65. The molecule has 0 unspecified atom stereocenters. The molecule has 1 aromatic rings. The van der Waals surface area contributed by atoms with Crippen LogP contribution < -0.4 is 14.7 Å². The Morgan fingerprint density at radius 2 is 2.10 bits per heavy atom. The molecule has 0 aromatic heterocycles. The fraction of sp³-hybridized carbons (Fsp3) is 0.533. The monoisotopic (exact) mass is 297 g/mol. The lowest BCUT2D eigenvalue weighted by atomic mass is 10.1. The van der Waals surface area contributed by atoms with Gasteiger partial charge in [-0.25, -0.2) is 0 Å². The summed E-state index contributed by atoms with van der Waals surface area (Å²) in [6.45, 7) is 4.08. The van der Waals surface area contributed by atoms with Crippen LogP contribution in [-0.4, -0.2) is 32.2 Å². The van der Waals surface area contributed by atoms with E-state index in [4.69, 9.17) is 16.3 Å².